The number of nitrogens with zero attached hydrogens (tertiary/aromatic N) is 1. The van der Waals surface area contributed by atoms with E-state index in [0.717, 1.165) is 21.5 Å². The van der Waals surface area contributed by atoms with Gasteiger partial charge in [-0.25, -0.2) is 4.39 Å². The molecule has 1 aliphatic heterocycles. The van der Waals surface area contributed by atoms with E-state index >= 15 is 0 Å². The zero-order valence-corrected chi connectivity index (χ0v) is 19.1. The summed E-state index contributed by atoms with van der Waals surface area (Å²) in [4.78, 5) is 4.79. The van der Waals surface area contributed by atoms with Crippen molar-refractivity contribution in [3.63, 3.8) is 0 Å². The maximum Gasteiger partial charge on any atom is 0.131 e. The van der Waals surface area contributed by atoms with E-state index in [1.165, 1.54) is 6.07 Å². The molecule has 2 N–H and O–H groups in total. The molecule has 4 nitrogen and oxygen atoms in total. The topological polar surface area (TPSA) is 53.8 Å². The molecule has 0 unspecified atom stereocenters. The van der Waals surface area contributed by atoms with E-state index in [1.807, 2.05) is 37.3 Å². The molecule has 7 heteroatoms. The zero-order chi connectivity index (χ0) is 22.0. The summed E-state index contributed by atoms with van der Waals surface area (Å²) in [6, 6.07) is 17.2. The standard InChI is InChI=1S/C24H21BrClFN2O2/c1-2-31-16-9-6-14(7-10-16)20-13-21(17-12-15(25)8-11-22(17)30)29-24(28-20)23-18(26)4-3-5-19(23)27/h3-12,21,24,29-30H,2,13H2,1H3/t21-,24-/m0/s1. The fourth-order valence-corrected chi connectivity index (χ4v) is 4.36. The molecule has 0 saturated heterocycles. The number of hydrogen-bond donors (Lipinski definition) is 2. The van der Waals surface area contributed by atoms with Gasteiger partial charge in [0.1, 0.15) is 23.5 Å². The van der Waals surface area contributed by atoms with Crippen LogP contribution in [0.1, 0.15) is 42.2 Å². The highest BCUT2D eigenvalue weighted by Crippen LogP contribution is 2.38. The van der Waals surface area contributed by atoms with E-state index in [4.69, 9.17) is 21.3 Å². The van der Waals surface area contributed by atoms with Crippen LogP contribution in [0.5, 0.6) is 11.5 Å². The molecule has 31 heavy (non-hydrogen) atoms. The highest BCUT2D eigenvalue weighted by molar-refractivity contribution is 9.10. The zero-order valence-electron chi connectivity index (χ0n) is 16.8. The average molecular weight is 504 g/mol. The van der Waals surface area contributed by atoms with Crippen LogP contribution >= 0.6 is 27.5 Å². The van der Waals surface area contributed by atoms with Gasteiger partial charge in [0.05, 0.1) is 11.6 Å². The molecule has 0 aliphatic carbocycles. The number of phenols is 1. The predicted molar refractivity (Wildman–Crippen MR) is 125 cm³/mol. The molecule has 0 bridgehead atoms. The summed E-state index contributed by atoms with van der Waals surface area (Å²) in [7, 11) is 0. The van der Waals surface area contributed by atoms with E-state index < -0.39 is 12.0 Å². The van der Waals surface area contributed by atoms with Crippen molar-refractivity contribution < 1.29 is 14.2 Å². The normalized spacial score (nSPS) is 18.5. The van der Waals surface area contributed by atoms with Crippen LogP contribution in [-0.4, -0.2) is 17.4 Å². The number of benzene rings is 3. The molecule has 0 spiro atoms. The molecule has 0 saturated carbocycles. The van der Waals surface area contributed by atoms with Gasteiger partial charge in [-0.15, -0.1) is 0 Å². The van der Waals surface area contributed by atoms with Crippen molar-refractivity contribution in [1.82, 2.24) is 5.32 Å². The molecule has 3 aromatic rings. The number of phenolic OH excluding ortho intramolecular Hbond substituents is 1. The molecule has 2 atom stereocenters. The van der Waals surface area contributed by atoms with Gasteiger partial charge >= 0.3 is 0 Å². The number of aliphatic imine (C=N–C) groups is 1. The Hall–Kier alpha value is -2.41. The summed E-state index contributed by atoms with van der Waals surface area (Å²) < 4.78 is 21.1. The Morgan fingerprint density at radius 2 is 1.97 bits per heavy atom. The van der Waals surface area contributed by atoms with Gasteiger partial charge in [-0.2, -0.15) is 0 Å². The smallest absolute Gasteiger partial charge is 0.131 e. The minimum Gasteiger partial charge on any atom is -0.508 e. The Morgan fingerprint density at radius 1 is 1.19 bits per heavy atom. The second-order valence-electron chi connectivity index (χ2n) is 7.20. The molecule has 1 heterocycles. The fraction of sp³-hybridized carbons (Fsp3) is 0.208. The van der Waals surface area contributed by atoms with Crippen molar-refractivity contribution in [3.8, 4) is 11.5 Å². The van der Waals surface area contributed by atoms with Crippen LogP contribution in [0.4, 0.5) is 4.39 Å². The van der Waals surface area contributed by atoms with Crippen LogP contribution in [0.15, 0.2) is 70.1 Å². The third-order valence-electron chi connectivity index (χ3n) is 5.18. The van der Waals surface area contributed by atoms with Crippen LogP contribution < -0.4 is 10.1 Å². The highest BCUT2D eigenvalue weighted by Gasteiger charge is 2.30. The number of halogens is 3. The van der Waals surface area contributed by atoms with E-state index in [0.29, 0.717) is 23.6 Å². The summed E-state index contributed by atoms with van der Waals surface area (Å²) in [5.41, 5.74) is 2.68. The molecule has 4 rings (SSSR count). The Morgan fingerprint density at radius 3 is 2.68 bits per heavy atom. The van der Waals surface area contributed by atoms with E-state index in [2.05, 4.69) is 21.2 Å². The number of rotatable bonds is 5. The number of hydrogen-bond acceptors (Lipinski definition) is 4. The summed E-state index contributed by atoms with van der Waals surface area (Å²) >= 11 is 9.80. The molecule has 1 aliphatic rings. The summed E-state index contributed by atoms with van der Waals surface area (Å²) in [5, 5.41) is 14.1. The molecule has 0 fully saturated rings. The fourth-order valence-electron chi connectivity index (χ4n) is 3.72. The van der Waals surface area contributed by atoms with Gasteiger partial charge in [0.2, 0.25) is 0 Å². The van der Waals surface area contributed by atoms with Crippen LogP contribution in [-0.2, 0) is 0 Å². The van der Waals surface area contributed by atoms with Crippen molar-refractivity contribution in [3.05, 3.63) is 92.7 Å². The summed E-state index contributed by atoms with van der Waals surface area (Å²) in [6.45, 7) is 2.52. The summed E-state index contributed by atoms with van der Waals surface area (Å²) in [6.07, 6.45) is -0.187. The second-order valence-corrected chi connectivity index (χ2v) is 8.52. The molecule has 3 aromatic carbocycles. The lowest BCUT2D eigenvalue weighted by molar-refractivity contribution is 0.340. The van der Waals surface area contributed by atoms with Gasteiger partial charge in [-0.05, 0) is 67.1 Å². The summed E-state index contributed by atoms with van der Waals surface area (Å²) in [5.74, 6) is 0.501. The van der Waals surface area contributed by atoms with E-state index in [-0.39, 0.29) is 17.4 Å². The number of ether oxygens (including phenoxy) is 1. The Balaban J connectivity index is 1.78. The monoisotopic (exact) mass is 502 g/mol. The quantitative estimate of drug-likeness (QED) is 0.414. The van der Waals surface area contributed by atoms with Gasteiger partial charge in [0, 0.05) is 33.8 Å². The second kappa shape index (κ2) is 9.39. The highest BCUT2D eigenvalue weighted by atomic mass is 79.9. The average Bonchev–Trinajstić information content (AvgIpc) is 2.76. The molecular formula is C24H21BrClFN2O2. The van der Waals surface area contributed by atoms with Crippen molar-refractivity contribution in [2.24, 2.45) is 4.99 Å². The van der Waals surface area contributed by atoms with Gasteiger partial charge in [0.15, 0.2) is 0 Å². The third kappa shape index (κ3) is 4.76. The lowest BCUT2D eigenvalue weighted by Crippen LogP contribution is -2.33. The molecule has 0 amide bonds. The van der Waals surface area contributed by atoms with Crippen LogP contribution in [0.25, 0.3) is 0 Å². The van der Waals surface area contributed by atoms with Crippen LogP contribution in [0.2, 0.25) is 5.02 Å². The van der Waals surface area contributed by atoms with Crippen molar-refractivity contribution in [2.75, 3.05) is 6.61 Å². The number of aromatic hydroxyl groups is 1. The first-order chi connectivity index (χ1) is 15.0. The minimum absolute atomic E-state index is 0.159. The molecular weight excluding hydrogens is 483 g/mol. The van der Waals surface area contributed by atoms with E-state index in [9.17, 15) is 9.50 Å². The van der Waals surface area contributed by atoms with Gasteiger partial charge in [-0.1, -0.05) is 33.6 Å². The molecule has 160 valence electrons. The largest absolute Gasteiger partial charge is 0.508 e. The third-order valence-corrected chi connectivity index (χ3v) is 6.00. The lowest BCUT2D eigenvalue weighted by Gasteiger charge is -2.31. The molecule has 0 radical (unpaired) electrons. The first kappa shape index (κ1) is 21.8. The first-order valence-corrected chi connectivity index (χ1v) is 11.1. The SMILES string of the molecule is CCOc1ccc(C2=N[C@H](c3c(F)cccc3Cl)N[C@H](c3cc(Br)ccc3O)C2)cc1. The predicted octanol–water partition coefficient (Wildman–Crippen LogP) is 6.57. The Bertz CT molecular complexity index is 1100. The Kier molecular flexibility index (Phi) is 6.60. The van der Waals surface area contributed by atoms with Gasteiger partial charge in [-0.3, -0.25) is 10.3 Å². The van der Waals surface area contributed by atoms with Crippen LogP contribution in [0.3, 0.4) is 0 Å². The molecule has 0 aromatic heterocycles. The van der Waals surface area contributed by atoms with Crippen LogP contribution in [0, 0.1) is 5.82 Å². The van der Waals surface area contributed by atoms with Crippen molar-refractivity contribution >= 4 is 33.2 Å². The van der Waals surface area contributed by atoms with Gasteiger partial charge in [0.25, 0.3) is 0 Å². The Labute approximate surface area is 193 Å². The minimum atomic E-state index is -0.701. The van der Waals surface area contributed by atoms with E-state index in [1.54, 1.807) is 24.3 Å². The maximum absolute atomic E-state index is 14.7. The maximum atomic E-state index is 14.7. The lowest BCUT2D eigenvalue weighted by atomic mass is 9.93. The van der Waals surface area contributed by atoms with Gasteiger partial charge < -0.3 is 9.84 Å². The van der Waals surface area contributed by atoms with Crippen molar-refractivity contribution in [1.29, 1.82) is 0 Å². The van der Waals surface area contributed by atoms with Crippen molar-refractivity contribution in [2.45, 2.75) is 25.6 Å². The first-order valence-electron chi connectivity index (χ1n) is 9.94. The number of nitrogens with one attached hydrogen (secondary N) is 1.